The number of benzene rings is 9. The molecule has 9 aromatic carbocycles. The van der Waals surface area contributed by atoms with Crippen LogP contribution in [0.1, 0.15) is 106 Å². The Bertz CT molecular complexity index is 4130. The summed E-state index contributed by atoms with van der Waals surface area (Å²) in [5, 5.41) is 0. The monoisotopic (exact) mass is 1180 g/mol. The first-order valence-electron chi connectivity index (χ1n) is 32.7. The first-order valence-corrected chi connectivity index (χ1v) is 32.7. The number of hydrogen-bond acceptors (Lipinski definition) is 3. The van der Waals surface area contributed by atoms with Crippen LogP contribution in [-0.2, 0) is 0 Å². The molecule has 0 bridgehead atoms. The van der Waals surface area contributed by atoms with Crippen molar-refractivity contribution >= 4 is 51.0 Å². The Morgan fingerprint density at radius 1 is 0.385 bits per heavy atom. The molecule has 0 saturated carbocycles. The van der Waals surface area contributed by atoms with Crippen molar-refractivity contribution in [3.63, 3.8) is 0 Å². The van der Waals surface area contributed by atoms with Crippen molar-refractivity contribution < 1.29 is 0 Å². The molecule has 0 N–H and O–H groups in total. The number of hydrogen-bond donors (Lipinski definition) is 0. The highest BCUT2D eigenvalue weighted by Gasteiger charge is 2.20. The fourth-order valence-corrected chi connectivity index (χ4v) is 12.1. The quantitative estimate of drug-likeness (QED) is 0.0893. The summed E-state index contributed by atoms with van der Waals surface area (Å²) in [4.78, 5) is 7.07. The van der Waals surface area contributed by atoms with Crippen LogP contribution in [-0.4, -0.2) is 0 Å². The third-order valence-corrected chi connectivity index (χ3v) is 17.1. The minimum absolute atomic E-state index is 0.378. The van der Waals surface area contributed by atoms with Crippen LogP contribution in [0, 0.1) is 13.8 Å². The Balaban J connectivity index is 0.000000359. The van der Waals surface area contributed by atoms with E-state index < -0.39 is 0 Å². The van der Waals surface area contributed by atoms with Crippen molar-refractivity contribution in [2.45, 2.75) is 91.9 Å². The smallest absolute Gasteiger partial charge is 0.0462 e. The Labute approximate surface area is 543 Å². The lowest BCUT2D eigenvalue weighted by Gasteiger charge is -2.29. The lowest BCUT2D eigenvalue weighted by atomic mass is 9.91. The van der Waals surface area contributed by atoms with E-state index >= 15 is 0 Å². The lowest BCUT2D eigenvalue weighted by molar-refractivity contribution is 0.839. The zero-order valence-electron chi connectivity index (χ0n) is 53.7. The van der Waals surface area contributed by atoms with Crippen LogP contribution in [0.25, 0.3) is 33.4 Å². The molecule has 452 valence electrons. The molecule has 91 heavy (non-hydrogen) atoms. The second-order valence-corrected chi connectivity index (χ2v) is 23.8. The van der Waals surface area contributed by atoms with Gasteiger partial charge in [-0.25, -0.2) is 0 Å². The van der Waals surface area contributed by atoms with E-state index in [1.54, 1.807) is 0 Å². The first kappa shape index (κ1) is 62.4. The second kappa shape index (κ2) is 31.3. The van der Waals surface area contributed by atoms with E-state index in [4.69, 9.17) is 0 Å². The normalized spacial score (nSPS) is 15.0. The highest BCUT2D eigenvalue weighted by Crippen LogP contribution is 2.41. The van der Waals surface area contributed by atoms with Gasteiger partial charge in [-0.15, -0.1) is 0 Å². The minimum Gasteiger partial charge on any atom is -0.311 e. The van der Waals surface area contributed by atoms with Gasteiger partial charge < -0.3 is 14.7 Å². The zero-order valence-corrected chi connectivity index (χ0v) is 53.7. The molecule has 4 aliphatic rings. The predicted molar refractivity (Wildman–Crippen MR) is 394 cm³/mol. The van der Waals surface area contributed by atoms with Crippen molar-refractivity contribution in [3.8, 4) is 22.3 Å². The minimum atomic E-state index is 0.378. The van der Waals surface area contributed by atoms with Crippen LogP contribution in [0.5, 0.6) is 0 Å². The summed E-state index contributed by atoms with van der Waals surface area (Å²) in [6.45, 7) is 10.7. The topological polar surface area (TPSA) is 9.72 Å². The summed E-state index contributed by atoms with van der Waals surface area (Å²) in [5.74, 6) is 0.378. The lowest BCUT2D eigenvalue weighted by Crippen LogP contribution is -2.17. The van der Waals surface area contributed by atoms with Gasteiger partial charge in [0.2, 0.25) is 0 Å². The maximum atomic E-state index is 2.38. The Kier molecular flexibility index (Phi) is 21.5. The van der Waals surface area contributed by atoms with Crippen LogP contribution in [0.3, 0.4) is 0 Å². The molecule has 3 heteroatoms. The molecular weight excluding hydrogens is 1100 g/mol. The molecule has 3 nitrogen and oxygen atoms in total. The van der Waals surface area contributed by atoms with Gasteiger partial charge in [-0.05, 0) is 226 Å². The van der Waals surface area contributed by atoms with E-state index in [0.29, 0.717) is 5.92 Å². The van der Waals surface area contributed by atoms with Gasteiger partial charge in [0.25, 0.3) is 0 Å². The molecule has 0 spiro atoms. The third kappa shape index (κ3) is 16.4. The number of anilines is 7. The molecule has 0 saturated heterocycles. The van der Waals surface area contributed by atoms with Gasteiger partial charge in [-0.1, -0.05) is 248 Å². The largest absolute Gasteiger partial charge is 0.311 e. The van der Waals surface area contributed by atoms with Gasteiger partial charge in [-0.2, -0.15) is 0 Å². The fourth-order valence-electron chi connectivity index (χ4n) is 12.1. The summed E-state index contributed by atoms with van der Waals surface area (Å²) < 4.78 is 0. The van der Waals surface area contributed by atoms with Crippen LogP contribution in [0.15, 0.2) is 339 Å². The molecule has 0 heterocycles. The molecular formula is C88H85N3. The van der Waals surface area contributed by atoms with Gasteiger partial charge in [-0.3, -0.25) is 0 Å². The summed E-state index contributed by atoms with van der Waals surface area (Å²) in [6, 6.07) is 83.9. The standard InChI is InChI=1S/C68H61N3.C13H14.C7H10/c1-4-15-52(16-5-2)54-27-39-63(40-28-54)69(60-17-9-6-10-18-60)65-43-31-56(32-44-65)58-35-47-67(48-36-58)71(62-21-13-8-14-22-62)68-49-37-59(38-50-68)57-33-45-66(46-34-57)70(61-19-11-7-12-20-61)64-41-29-55(30-42-64)53-25-23-51(3)24-26-53;1-11-7-9-13(10-8-11)12-5-3-2-4-6-12;1-7-5-3-2-4-6-7/h4,7-9,11-29,31-50,55H,5-6,10,30H2,1-3H3;3,5-10H,2,4H2,1H3;3,5-6H,2,4H2,1H3/b15-4-,52-16+;;. The number of nitrogens with zero attached hydrogens (tertiary/aromatic N) is 3. The maximum absolute atomic E-state index is 2.38. The fraction of sp³-hybridized carbons (Fsp3) is 0.159. The van der Waals surface area contributed by atoms with Gasteiger partial charge in [0.15, 0.2) is 0 Å². The highest BCUT2D eigenvalue weighted by molar-refractivity contribution is 5.83. The number of para-hydroxylation sites is 2. The molecule has 0 fully saturated rings. The van der Waals surface area contributed by atoms with Crippen LogP contribution < -0.4 is 14.7 Å². The molecule has 0 amide bonds. The van der Waals surface area contributed by atoms with Crippen LogP contribution in [0.4, 0.5) is 39.8 Å². The molecule has 9 aromatic rings. The van der Waals surface area contributed by atoms with Crippen LogP contribution >= 0.6 is 0 Å². The number of aryl methyl sites for hydroxylation is 2. The van der Waals surface area contributed by atoms with Gasteiger partial charge in [0.1, 0.15) is 0 Å². The van der Waals surface area contributed by atoms with E-state index in [1.165, 1.54) is 104 Å². The van der Waals surface area contributed by atoms with Gasteiger partial charge in [0.05, 0.1) is 0 Å². The van der Waals surface area contributed by atoms with Gasteiger partial charge in [0, 0.05) is 57.1 Å². The second-order valence-electron chi connectivity index (χ2n) is 23.8. The summed E-state index contributed by atoms with van der Waals surface area (Å²) >= 11 is 0. The Morgan fingerprint density at radius 3 is 1.21 bits per heavy atom. The first-order chi connectivity index (χ1) is 44.8. The van der Waals surface area contributed by atoms with Crippen molar-refractivity contribution in [2.75, 3.05) is 14.7 Å². The van der Waals surface area contributed by atoms with E-state index in [0.717, 1.165) is 65.5 Å². The van der Waals surface area contributed by atoms with Crippen molar-refractivity contribution in [1.29, 1.82) is 0 Å². The Morgan fingerprint density at radius 2 is 0.802 bits per heavy atom. The summed E-state index contributed by atoms with van der Waals surface area (Å²) in [5.41, 5.74) is 25.5. The van der Waals surface area contributed by atoms with E-state index in [2.05, 4.69) is 371 Å². The van der Waals surface area contributed by atoms with Crippen molar-refractivity contribution in [2.24, 2.45) is 0 Å². The third-order valence-electron chi connectivity index (χ3n) is 17.1. The molecule has 1 atom stereocenters. The number of allylic oxidation sites excluding steroid dienone is 18. The average Bonchev–Trinajstić information content (AvgIpc) is 2.49. The van der Waals surface area contributed by atoms with E-state index in [9.17, 15) is 0 Å². The molecule has 0 aliphatic heterocycles. The molecule has 0 aromatic heterocycles. The van der Waals surface area contributed by atoms with E-state index in [1.807, 2.05) is 0 Å². The molecule has 1 unspecified atom stereocenters. The SMILES string of the molecule is C/C=C\C(=C/CC)c1ccc(N(C2=CCCC=C2)c2ccc(-c3ccc(N(c4ccccc4)c4ccc(-c5ccc(N(C6=CCC(c7ccc(C)cc7)C=C6)c6ccccc6)cc5)cc4)cc3)cc2)cc1.CC1=CCCC=C1.Cc1ccc(C2=CCCC=C2)cc1. The van der Waals surface area contributed by atoms with Crippen molar-refractivity contribution in [1.82, 2.24) is 0 Å². The summed E-state index contributed by atoms with van der Waals surface area (Å²) in [6.07, 6.45) is 42.8. The van der Waals surface area contributed by atoms with Crippen molar-refractivity contribution in [3.05, 3.63) is 366 Å². The molecule has 13 rings (SSSR count). The molecule has 4 aliphatic carbocycles. The summed E-state index contributed by atoms with van der Waals surface area (Å²) in [7, 11) is 0. The average molecular weight is 1180 g/mol. The molecule has 0 radical (unpaired) electrons. The van der Waals surface area contributed by atoms with E-state index in [-0.39, 0.29) is 0 Å². The highest BCUT2D eigenvalue weighted by atomic mass is 15.2. The van der Waals surface area contributed by atoms with Gasteiger partial charge >= 0.3 is 0 Å². The van der Waals surface area contributed by atoms with Crippen LogP contribution in [0.2, 0.25) is 0 Å². The zero-order chi connectivity index (χ0) is 62.6. The Hall–Kier alpha value is -10.2. The maximum Gasteiger partial charge on any atom is 0.0462 e. The number of rotatable bonds is 16. The predicted octanol–water partition coefficient (Wildman–Crippen LogP) is 25.3.